The largest absolute Gasteiger partial charge is 1.00 e. The average Bonchev–Trinajstić information content (AvgIpc) is 1.57. The Morgan fingerprint density at radius 1 is 0.415 bits per heavy atom. The fraction of sp³-hybridized carbons (Fsp3) is 0.0125. The quantitative estimate of drug-likeness (QED) is 0.0444. The van der Waals surface area contributed by atoms with E-state index in [1.807, 2.05) is 60.7 Å². The summed E-state index contributed by atoms with van der Waals surface area (Å²) in [5, 5.41) is 44.6. The molecule has 0 saturated carbocycles. The van der Waals surface area contributed by atoms with E-state index in [1.165, 1.54) is 32.3 Å². The number of halogens is 7. The number of benzene rings is 12. The van der Waals surface area contributed by atoms with Crippen LogP contribution in [0.4, 0.5) is 26.3 Å². The first kappa shape index (κ1) is 77.6. The molecule has 6 heterocycles. The fourth-order valence-electron chi connectivity index (χ4n) is 12.3. The van der Waals surface area contributed by atoms with Crippen molar-refractivity contribution in [3.8, 4) is 74.3 Å². The molecule has 0 radical (unpaired) electrons. The number of tetrazole rings is 1. The van der Waals surface area contributed by atoms with Crippen LogP contribution in [0.25, 0.3) is 140 Å². The summed E-state index contributed by atoms with van der Waals surface area (Å²) in [5.41, 5.74) is 11.3. The summed E-state index contributed by atoms with van der Waals surface area (Å²) in [6.45, 7) is -0.181. The van der Waals surface area contributed by atoms with Crippen molar-refractivity contribution in [2.45, 2.75) is 7.43 Å². The van der Waals surface area contributed by atoms with Crippen LogP contribution >= 0.6 is 11.6 Å². The number of nitrogens with zero attached hydrogens (tertiary/aromatic N) is 10. The molecule has 17 nitrogen and oxygen atoms in total. The van der Waals surface area contributed by atoms with Gasteiger partial charge in [0.15, 0.2) is 0 Å². The number of carbonyl (C=O) groups is 2. The summed E-state index contributed by atoms with van der Waals surface area (Å²) in [5.74, 6) is -5.55. The molecule has 0 aliphatic heterocycles. The molecule has 0 aliphatic carbocycles. The minimum absolute atomic E-state index is 0. The van der Waals surface area contributed by atoms with Crippen LogP contribution in [-0.2, 0) is 9.68 Å². The molecule has 0 atom stereocenters. The van der Waals surface area contributed by atoms with Gasteiger partial charge in [0.25, 0.3) is 23.5 Å². The summed E-state index contributed by atoms with van der Waals surface area (Å²) in [4.78, 5) is 21.6. The number of para-hydroxylation sites is 6. The van der Waals surface area contributed by atoms with Gasteiger partial charge in [0.2, 0.25) is 17.6 Å². The van der Waals surface area contributed by atoms with Gasteiger partial charge >= 0.3 is 138 Å². The predicted molar refractivity (Wildman–Crippen MR) is 384 cm³/mol. The molecule has 0 unspecified atom stereocenters. The molecule has 1 N–H and O–H groups in total. The topological polar surface area (TPSA) is 214 Å². The Hall–Kier alpha value is -9.54. The van der Waals surface area contributed by atoms with Gasteiger partial charge in [-0.25, -0.2) is 26.3 Å². The summed E-state index contributed by atoms with van der Waals surface area (Å²) in [6, 6.07) is 86.8. The maximum Gasteiger partial charge on any atom is 1.00 e. The molecule has 18 rings (SSSR count). The zero-order chi connectivity index (χ0) is 71.1. The average molecular weight is 1680 g/mol. The van der Waals surface area contributed by atoms with Gasteiger partial charge in [-0.1, -0.05) is 183 Å². The number of rotatable bonds is 10. The van der Waals surface area contributed by atoms with Crippen molar-refractivity contribution in [2.75, 3.05) is 0 Å². The van der Waals surface area contributed by atoms with Crippen LogP contribution in [0.15, 0.2) is 282 Å². The fourth-order valence-corrected chi connectivity index (χ4v) is 12.4. The van der Waals surface area contributed by atoms with Gasteiger partial charge in [0.05, 0.1) is 55.7 Å². The molecule has 6 aromatic heterocycles. The van der Waals surface area contributed by atoms with Crippen LogP contribution in [0, 0.1) is 34.9 Å². The van der Waals surface area contributed by atoms with E-state index in [-0.39, 0.29) is 165 Å². The Kier molecular flexibility index (Phi) is 25.8. The number of nitrogens with one attached hydrogen (secondary N) is 1. The van der Waals surface area contributed by atoms with Crippen molar-refractivity contribution >= 4 is 88.7 Å². The molecule has 0 spiro atoms. The van der Waals surface area contributed by atoms with Gasteiger partial charge in [-0.05, 0) is 89.6 Å². The van der Waals surface area contributed by atoms with Gasteiger partial charge in [0.1, 0.15) is 46.0 Å². The van der Waals surface area contributed by atoms with Crippen molar-refractivity contribution in [3.63, 3.8) is 0 Å². The SMILES string of the molecule is C.Fc1cc(F)c(-c2nnc(-c3ccccc3)o2)c(F)c1.O=C(Cl)c1c(F)cc(F)cc1F.O=CO[O-].[Cs+].[Cs+].[H-].c1ccc(-c2nn[nH]n2)cc1.c1ccc(-c2nnc(-c3c(-n4c5ccccc5c5ccccc54)cc(-n4c5ccccc5c5ccccc54)cc3-n3c4ccccc4c4ccccc43)o2)cc1. The summed E-state index contributed by atoms with van der Waals surface area (Å²) >= 11 is 4.82. The van der Waals surface area contributed by atoms with Gasteiger partial charge in [-0.15, -0.1) is 30.6 Å². The third-order valence-electron chi connectivity index (χ3n) is 16.5. The van der Waals surface area contributed by atoms with Gasteiger partial charge in [0, 0.05) is 73.3 Å². The van der Waals surface area contributed by atoms with Crippen LogP contribution in [0.2, 0.25) is 0 Å². The molecule has 0 aliphatic rings. The van der Waals surface area contributed by atoms with E-state index in [0.29, 0.717) is 47.4 Å². The smallest absolute Gasteiger partial charge is 1.00 e. The summed E-state index contributed by atoms with van der Waals surface area (Å²) < 4.78 is 96.6. The second-order valence-electron chi connectivity index (χ2n) is 22.6. The van der Waals surface area contributed by atoms with Crippen molar-refractivity contribution in [2.24, 2.45) is 0 Å². The maximum absolute atomic E-state index is 13.6. The van der Waals surface area contributed by atoms with E-state index in [4.69, 9.17) is 35.6 Å². The van der Waals surface area contributed by atoms with E-state index in [0.717, 1.165) is 66.9 Å². The number of hydrogen-bond donors (Lipinski definition) is 1. The van der Waals surface area contributed by atoms with E-state index >= 15 is 0 Å². The first-order valence-corrected chi connectivity index (χ1v) is 31.7. The molecular weight excluding hydrogens is 1630 g/mol. The number of aromatic amines is 1. The minimum Gasteiger partial charge on any atom is -1.00 e. The number of hydrogen-bond acceptors (Lipinski definition) is 13. The number of H-pyrrole nitrogens is 1. The maximum atomic E-state index is 13.6. The summed E-state index contributed by atoms with van der Waals surface area (Å²) in [7, 11) is 0. The predicted octanol–water partition coefficient (Wildman–Crippen LogP) is 13.1. The van der Waals surface area contributed by atoms with E-state index in [2.05, 4.69) is 212 Å². The normalized spacial score (nSPS) is 10.7. The van der Waals surface area contributed by atoms with Crippen molar-refractivity contribution in [1.82, 2.24) is 54.7 Å². The molecule has 12 aromatic carbocycles. The molecule has 18 aromatic rings. The second kappa shape index (κ2) is 35.2. The molecule has 26 heteroatoms. The molecular formula is C80H52ClCs2F6N11O6. The molecule has 0 fully saturated rings. The Labute approximate surface area is 722 Å². The molecule has 0 bridgehead atoms. The third-order valence-corrected chi connectivity index (χ3v) is 16.7. The second-order valence-corrected chi connectivity index (χ2v) is 22.9. The Balaban J connectivity index is 0.000000195. The van der Waals surface area contributed by atoms with Gasteiger partial charge in [-0.3, -0.25) is 9.59 Å². The minimum atomic E-state index is -1.30. The third kappa shape index (κ3) is 16.1. The standard InChI is InChI=1S/C50H31N5O.C14H7F3N2O.C7H2ClF3O.C7H6N4.CH2O3.CH4.2Cs.H/c1-2-16-32(17-3-1)49-51-52-50(56-49)48-46(54-42-26-12-6-20-36(42)37-21-7-13-27-43(37)54)30-33(53-40-24-10-4-18-34(40)35-19-5-11-25-41(35)53)31-47(48)55-44-28-14-8-22-38(44)39-23-9-15-29-45(39)55;15-9-6-10(16)12(11(17)7-9)14-19-18-13(20-14)8-4-2-1-3-5-8;8-7(12)6-4(10)1-3(9)2-5(6)11;1-2-4-6(5-3-1)7-8-10-11-9-7;2-1-4-3;;;;/h1-31H;1-7H;1-2H;1-5H,(H,8,9,10,11);1,3H;1H4;;;/q;;;;;;2*+1;-1/p-1. The molecule has 0 amide bonds. The first-order chi connectivity index (χ1) is 50.4. The van der Waals surface area contributed by atoms with E-state index in [1.54, 1.807) is 30.3 Å². The number of carbonyl (C=O) groups excluding carboxylic acids is 2. The van der Waals surface area contributed by atoms with Crippen LogP contribution in [0.3, 0.4) is 0 Å². The van der Waals surface area contributed by atoms with Gasteiger partial charge in [-0.2, -0.15) is 5.21 Å². The molecule has 514 valence electrons. The Morgan fingerprint density at radius 2 is 0.717 bits per heavy atom. The van der Waals surface area contributed by atoms with Crippen molar-refractivity contribution in [3.05, 3.63) is 313 Å². The molecule has 0 saturated heterocycles. The number of aromatic nitrogens is 11. The van der Waals surface area contributed by atoms with Crippen LogP contribution in [0.1, 0.15) is 19.2 Å². The Bertz CT molecular complexity index is 5790. The van der Waals surface area contributed by atoms with E-state index in [9.17, 15) is 31.1 Å². The molecule has 106 heavy (non-hydrogen) atoms. The first-order valence-electron chi connectivity index (χ1n) is 31.3. The van der Waals surface area contributed by atoms with Crippen molar-refractivity contribution < 1.29 is 194 Å². The number of fused-ring (bicyclic) bond motifs is 9. The monoisotopic (exact) mass is 1680 g/mol. The summed E-state index contributed by atoms with van der Waals surface area (Å²) in [6.07, 6.45) is 0. The zero-order valence-electron chi connectivity index (χ0n) is 56.1. The van der Waals surface area contributed by atoms with Crippen molar-refractivity contribution in [1.29, 1.82) is 0 Å². The van der Waals surface area contributed by atoms with Crippen LogP contribution in [-0.4, -0.2) is 66.4 Å². The van der Waals surface area contributed by atoms with E-state index < -0.39 is 51.3 Å². The Morgan fingerprint density at radius 3 is 1.05 bits per heavy atom. The van der Waals surface area contributed by atoms with Gasteiger partial charge < -0.3 is 34.1 Å². The van der Waals surface area contributed by atoms with Crippen LogP contribution < -0.4 is 143 Å². The zero-order valence-corrected chi connectivity index (χ0v) is 68.4. The van der Waals surface area contributed by atoms with Crippen LogP contribution in [0.5, 0.6) is 0 Å².